The van der Waals surface area contributed by atoms with Crippen LogP contribution in [-0.4, -0.2) is 218 Å². The van der Waals surface area contributed by atoms with Crippen LogP contribution < -0.4 is 0 Å². The first-order valence-electron chi connectivity index (χ1n) is 39.9. The Balaban J connectivity index is 0.000000214. The maximum absolute atomic E-state index is 15.5. The average Bonchev–Trinajstić information content (AvgIpc) is 0.784. The SMILES string of the molecule is C1CCOC1.CC(=O)O[C@@]12CO[C@@H]1C[C@H](O)[C@@]1(C)C(=O)[C@H](O)C3=C(C)[C@@H](O)C[C@@](O)([C@@H](OC(=O)c4ccccc4)[C@H]21)C3(C)C.CC[Si](CC)(CC)N=C(O[Si](CC)(CC)CC)C(F)(F)F.CC[Si](CC)(CC)O[C@H]1C(=O)[C@@]2(C)[C@H]([C@H](OC(=O)c3ccccc3)[C@]3(O)C[C@H](O)C(C)=C1C3(C)C)[C@]1(OC(C)=O)CO[C@@H]1C[C@@H]2O. The normalized spacial score (nSPS) is 34.8. The van der Waals surface area contributed by atoms with Crippen molar-refractivity contribution in [1.82, 2.24) is 0 Å². The summed E-state index contributed by atoms with van der Waals surface area (Å²) in [6.07, 6.45) is -15.5. The van der Waals surface area contributed by atoms with Crippen LogP contribution >= 0.6 is 0 Å². The van der Waals surface area contributed by atoms with Crippen molar-refractivity contribution in [2.45, 2.75) is 314 Å². The van der Waals surface area contributed by atoms with Gasteiger partial charge in [0.15, 0.2) is 39.3 Å². The Labute approximate surface area is 655 Å². The lowest BCUT2D eigenvalue weighted by Gasteiger charge is -2.67. The Morgan fingerprint density at radius 2 is 0.919 bits per heavy atom. The number of aliphatic hydroxyl groups is 7. The minimum absolute atomic E-state index is 0.0154. The zero-order chi connectivity index (χ0) is 83.0. The molecule has 3 heterocycles. The number of hydrogen-bond acceptors (Lipinski definition) is 23. The van der Waals surface area contributed by atoms with Gasteiger partial charge in [0.2, 0.25) is 0 Å². The molecule has 0 unspecified atom stereocenters. The zero-order valence-electron chi connectivity index (χ0n) is 68.5. The molecule has 18 atom stereocenters. The van der Waals surface area contributed by atoms with E-state index < -0.39 is 189 Å². The third kappa shape index (κ3) is 16.1. The molecule has 29 heteroatoms. The number of ether oxygens (including phenoxy) is 7. The molecule has 622 valence electrons. The van der Waals surface area contributed by atoms with Gasteiger partial charge in [0.25, 0.3) is 14.2 Å². The topological polar surface area (TPSA) is 339 Å². The van der Waals surface area contributed by atoms with Gasteiger partial charge in [0.1, 0.15) is 47.8 Å². The van der Waals surface area contributed by atoms with Crippen molar-refractivity contribution in [3.8, 4) is 0 Å². The van der Waals surface area contributed by atoms with Gasteiger partial charge >= 0.3 is 30.1 Å². The second-order valence-corrected chi connectivity index (χ2v) is 47.8. The molecule has 9 aliphatic rings. The van der Waals surface area contributed by atoms with Crippen LogP contribution in [0.5, 0.6) is 0 Å². The quantitative estimate of drug-likeness (QED) is 0.0172. The first-order chi connectivity index (χ1) is 51.8. The lowest BCUT2D eigenvalue weighted by Crippen LogP contribution is -2.82. The number of alkyl halides is 3. The minimum Gasteiger partial charge on any atom is -0.528 e. The Kier molecular flexibility index (Phi) is 28.3. The van der Waals surface area contributed by atoms with Gasteiger partial charge < -0.3 is 77.8 Å². The van der Waals surface area contributed by atoms with Gasteiger partial charge in [0, 0.05) is 63.6 Å². The van der Waals surface area contributed by atoms with E-state index in [4.69, 9.17) is 42.0 Å². The number of Topliss-reactive ketones (excluding diaryl/α,β-unsaturated/α-hetero) is 2. The van der Waals surface area contributed by atoms with E-state index in [2.05, 4.69) is 25.4 Å². The van der Waals surface area contributed by atoms with Gasteiger partial charge in [-0.15, -0.1) is 0 Å². The van der Waals surface area contributed by atoms with Gasteiger partial charge in [-0.3, -0.25) is 23.8 Å². The molecule has 0 radical (unpaired) electrons. The Morgan fingerprint density at radius 3 is 1.24 bits per heavy atom. The van der Waals surface area contributed by atoms with Crippen molar-refractivity contribution in [1.29, 1.82) is 0 Å². The van der Waals surface area contributed by atoms with Crippen LogP contribution in [0.4, 0.5) is 13.2 Å². The summed E-state index contributed by atoms with van der Waals surface area (Å²) in [6, 6.07) is 22.8. The lowest BCUT2D eigenvalue weighted by molar-refractivity contribution is -0.345. The van der Waals surface area contributed by atoms with E-state index in [-0.39, 0.29) is 55.6 Å². The third-order valence-corrected chi connectivity index (χ3v) is 41.5. The molecular weight excluding hydrogens is 1490 g/mol. The summed E-state index contributed by atoms with van der Waals surface area (Å²) < 4.78 is 98.0. The van der Waals surface area contributed by atoms with E-state index in [0.717, 1.165) is 49.5 Å². The number of benzene rings is 2. The number of aliphatic hydroxyl groups excluding tert-OH is 5. The highest BCUT2D eigenvalue weighted by atomic mass is 28.4. The Bertz CT molecular complexity index is 3740. The molecule has 11 rings (SSSR count). The lowest BCUT2D eigenvalue weighted by atomic mass is 9.44. The van der Waals surface area contributed by atoms with Crippen LogP contribution in [0.3, 0.4) is 0 Å². The predicted octanol–water partition coefficient (Wildman–Crippen LogP) is 12.0. The van der Waals surface area contributed by atoms with Crippen LogP contribution in [0.25, 0.3) is 0 Å². The van der Waals surface area contributed by atoms with Gasteiger partial charge in [-0.25, -0.2) is 9.59 Å². The number of carbonyl (C=O) groups excluding carboxylic acids is 6. The highest BCUT2D eigenvalue weighted by Crippen LogP contribution is 2.67. The van der Waals surface area contributed by atoms with E-state index in [1.165, 1.54) is 45.7 Å². The fourth-order valence-electron chi connectivity index (χ4n) is 19.7. The van der Waals surface area contributed by atoms with Crippen LogP contribution in [0.1, 0.15) is 191 Å². The summed E-state index contributed by atoms with van der Waals surface area (Å²) in [4.78, 5) is 82.4. The number of rotatable bonds is 19. The standard InChI is InChI=1S/C35H50O10Si.C29H36O10.C14H30F3NOSi2.C4H8O/c1-9-46(10-2,11-3)45-27-26-20(4)23(37)18-35(41,32(26,6)7)30(43-31(40)22-15-13-12-14-16-22)28-33(8,29(27)39)24(38)17-25-34(28,19-42-25)44-21(5)36;1-14-17(31)12-29(36)24(38-25(35)16-9-7-6-8-10-16)22-27(5,23(34)21(33)20(14)26(29,3)4)18(32)11-19-28(22,13-37-19)39-15(2)30;1-7-20(8-2,9-3)18-13(14(15,16)17)19-21(10-4,11-5)12-6;1-2-4-5-3-1/h12-16,23-25,27-28,30,37-38,41H,9-11,17-19H2,1-8H3;6-10,17-19,21-22,24,31-33,36H,11-13H2,1-5H3;7-12H2,1-6H3;1-4H2/t23-,24-,25+,27+,28-,30-,33+,34-,35+;17-,18-,19+,21+,22-,24-,27+,28-,29+;;/m00../s1. The molecule has 3 saturated heterocycles. The summed E-state index contributed by atoms with van der Waals surface area (Å²) in [7, 11) is -7.16. The molecule has 111 heavy (non-hydrogen) atoms. The number of ketones is 2. The highest BCUT2D eigenvalue weighted by molar-refractivity contribution is 6.80. The molecule has 7 fully saturated rings. The minimum atomic E-state index is -4.48. The number of nitrogens with zero attached hydrogens (tertiary/aromatic N) is 1. The second kappa shape index (κ2) is 34.4. The van der Waals surface area contributed by atoms with Gasteiger partial charge in [-0.1, -0.05) is 126 Å². The maximum Gasteiger partial charge on any atom is 0.465 e. The van der Waals surface area contributed by atoms with Gasteiger partial charge in [0.05, 0.1) is 71.4 Å². The molecule has 0 spiro atoms. The van der Waals surface area contributed by atoms with Crippen molar-refractivity contribution >= 4 is 66.2 Å². The molecule has 7 N–H and O–H groups in total. The molecule has 23 nitrogen and oxygen atoms in total. The number of esters is 4. The molecule has 0 aromatic heterocycles. The van der Waals surface area contributed by atoms with E-state index in [1.807, 2.05) is 41.5 Å². The third-order valence-electron chi connectivity index (χ3n) is 27.8. The first-order valence-corrected chi connectivity index (χ1v) is 47.5. The monoisotopic (exact) mass is 1620 g/mol. The van der Waals surface area contributed by atoms with Gasteiger partial charge in [-0.05, 0) is 141 Å². The van der Waals surface area contributed by atoms with E-state index in [0.29, 0.717) is 34.9 Å². The molecular formula is C82H124F3NO22Si3. The van der Waals surface area contributed by atoms with Crippen molar-refractivity contribution in [3.05, 3.63) is 94.1 Å². The second-order valence-electron chi connectivity index (χ2n) is 33.6. The summed E-state index contributed by atoms with van der Waals surface area (Å²) >= 11 is 0. The zero-order valence-corrected chi connectivity index (χ0v) is 71.5. The fourth-order valence-corrected chi connectivity index (χ4v) is 27.6. The molecule has 6 aliphatic carbocycles. The van der Waals surface area contributed by atoms with Crippen molar-refractivity contribution < 1.29 is 120 Å². The number of hydrogen-bond donors (Lipinski definition) is 7. The fraction of sp³-hybridized carbons (Fsp3) is 0.720. The summed E-state index contributed by atoms with van der Waals surface area (Å²) in [5, 5.41) is 83.5. The van der Waals surface area contributed by atoms with Crippen LogP contribution in [0.2, 0.25) is 54.4 Å². The Hall–Kier alpha value is -5.39. The van der Waals surface area contributed by atoms with Gasteiger partial charge in [-0.2, -0.15) is 13.2 Å². The summed E-state index contributed by atoms with van der Waals surface area (Å²) in [5.41, 5.74) is -11.6. The predicted molar refractivity (Wildman–Crippen MR) is 415 cm³/mol. The molecule has 4 bridgehead atoms. The summed E-state index contributed by atoms with van der Waals surface area (Å²) in [6.45, 7) is 35.1. The number of fused-ring (bicyclic) bond motifs is 10. The Morgan fingerprint density at radius 1 is 0.550 bits per heavy atom. The van der Waals surface area contributed by atoms with Crippen LogP contribution in [0, 0.1) is 33.5 Å². The molecule has 2 aromatic carbocycles. The molecule has 2 aromatic rings. The number of halogens is 3. The van der Waals surface area contributed by atoms with Crippen molar-refractivity contribution in [3.63, 3.8) is 0 Å². The highest BCUT2D eigenvalue weighted by Gasteiger charge is 2.80. The molecule has 0 amide bonds. The number of carbonyl (C=O) groups is 6. The molecule has 4 saturated carbocycles. The van der Waals surface area contributed by atoms with Crippen molar-refractivity contribution in [2.75, 3.05) is 26.4 Å². The largest absolute Gasteiger partial charge is 0.528 e. The average molecular weight is 1620 g/mol. The van der Waals surface area contributed by atoms with Crippen molar-refractivity contribution in [2.24, 2.45) is 38.2 Å². The van der Waals surface area contributed by atoms with Crippen LogP contribution in [-0.2, 0) is 61.2 Å². The van der Waals surface area contributed by atoms with E-state index in [1.54, 1.807) is 97.0 Å². The smallest absolute Gasteiger partial charge is 0.465 e. The van der Waals surface area contributed by atoms with E-state index in [9.17, 15) is 72.9 Å². The maximum atomic E-state index is 15.5. The van der Waals surface area contributed by atoms with E-state index >= 15 is 4.79 Å². The summed E-state index contributed by atoms with van der Waals surface area (Å²) in [5.74, 6) is -7.64. The van der Waals surface area contributed by atoms with Crippen LogP contribution in [0.15, 0.2) is 87.6 Å². The molecule has 3 aliphatic heterocycles. The first kappa shape index (κ1) is 91.1.